The SMILES string of the molecule is CCOc1cccc(CC(=O)Cc2ccc3c(c2)CCN(C(=O)OC2CCC(CC(=O)O)CC2)C3)c1. The van der Waals surface area contributed by atoms with E-state index in [2.05, 4.69) is 6.07 Å². The molecule has 7 heteroatoms. The fourth-order valence-corrected chi connectivity index (χ4v) is 5.22. The number of hydrogen-bond donors (Lipinski definition) is 1. The molecule has 1 heterocycles. The number of amides is 1. The summed E-state index contributed by atoms with van der Waals surface area (Å²) >= 11 is 0. The van der Waals surface area contributed by atoms with Crippen molar-refractivity contribution in [3.8, 4) is 5.75 Å². The van der Waals surface area contributed by atoms with E-state index in [0.29, 0.717) is 32.5 Å². The van der Waals surface area contributed by atoms with Crippen molar-refractivity contribution in [3.05, 3.63) is 64.7 Å². The highest BCUT2D eigenvalue weighted by Crippen LogP contribution is 2.29. The van der Waals surface area contributed by atoms with Gasteiger partial charge in [0.15, 0.2) is 0 Å². The van der Waals surface area contributed by atoms with E-state index in [0.717, 1.165) is 54.5 Å². The van der Waals surface area contributed by atoms with Crippen molar-refractivity contribution in [2.45, 2.75) is 70.9 Å². The molecule has 1 N–H and O–H groups in total. The number of aliphatic carboxylic acids is 1. The molecule has 192 valence electrons. The lowest BCUT2D eigenvalue weighted by Crippen LogP contribution is -2.39. The summed E-state index contributed by atoms with van der Waals surface area (Å²) in [6.07, 6.45) is 4.26. The van der Waals surface area contributed by atoms with Crippen LogP contribution < -0.4 is 4.74 Å². The van der Waals surface area contributed by atoms with Gasteiger partial charge in [0.2, 0.25) is 0 Å². The third-order valence-corrected chi connectivity index (χ3v) is 7.08. The Kier molecular flexibility index (Phi) is 8.62. The molecule has 0 saturated heterocycles. The van der Waals surface area contributed by atoms with Crippen LogP contribution in [0.3, 0.4) is 0 Å². The lowest BCUT2D eigenvalue weighted by atomic mass is 9.85. The lowest BCUT2D eigenvalue weighted by Gasteiger charge is -2.32. The zero-order valence-electron chi connectivity index (χ0n) is 20.9. The number of rotatable bonds is 9. The molecule has 2 aromatic rings. The van der Waals surface area contributed by atoms with Crippen LogP contribution in [-0.2, 0) is 40.1 Å². The van der Waals surface area contributed by atoms with Gasteiger partial charge in [-0.05, 0) is 79.3 Å². The van der Waals surface area contributed by atoms with Gasteiger partial charge in [0, 0.05) is 32.4 Å². The summed E-state index contributed by atoms with van der Waals surface area (Å²) in [5.41, 5.74) is 4.21. The van der Waals surface area contributed by atoms with Crippen LogP contribution in [0.4, 0.5) is 4.79 Å². The summed E-state index contributed by atoms with van der Waals surface area (Å²) in [5, 5.41) is 8.96. The van der Waals surface area contributed by atoms with E-state index in [9.17, 15) is 14.4 Å². The summed E-state index contributed by atoms with van der Waals surface area (Å²) in [4.78, 5) is 38.1. The van der Waals surface area contributed by atoms with Crippen LogP contribution in [0.5, 0.6) is 5.75 Å². The molecule has 0 atom stereocenters. The van der Waals surface area contributed by atoms with Gasteiger partial charge in [-0.1, -0.05) is 30.3 Å². The molecular weight excluding hydrogens is 458 g/mol. The van der Waals surface area contributed by atoms with Crippen molar-refractivity contribution >= 4 is 17.8 Å². The second-order valence-corrected chi connectivity index (χ2v) is 9.87. The molecule has 2 aliphatic rings. The van der Waals surface area contributed by atoms with Gasteiger partial charge < -0.3 is 19.5 Å². The highest BCUT2D eigenvalue weighted by Gasteiger charge is 2.28. The third kappa shape index (κ3) is 7.09. The van der Waals surface area contributed by atoms with Crippen molar-refractivity contribution in [3.63, 3.8) is 0 Å². The van der Waals surface area contributed by atoms with Gasteiger partial charge in [-0.3, -0.25) is 9.59 Å². The Hall–Kier alpha value is -3.35. The van der Waals surface area contributed by atoms with Crippen LogP contribution in [0, 0.1) is 5.92 Å². The van der Waals surface area contributed by atoms with Crippen molar-refractivity contribution in [2.75, 3.05) is 13.2 Å². The van der Waals surface area contributed by atoms with Crippen LogP contribution in [-0.4, -0.2) is 47.1 Å². The number of carbonyl (C=O) groups is 3. The zero-order chi connectivity index (χ0) is 25.5. The van der Waals surface area contributed by atoms with Crippen LogP contribution >= 0.6 is 0 Å². The Morgan fingerprint density at radius 1 is 0.972 bits per heavy atom. The molecule has 4 rings (SSSR count). The predicted molar refractivity (Wildman–Crippen MR) is 135 cm³/mol. The molecule has 7 nitrogen and oxygen atoms in total. The van der Waals surface area contributed by atoms with Gasteiger partial charge in [-0.25, -0.2) is 4.79 Å². The second-order valence-electron chi connectivity index (χ2n) is 9.87. The smallest absolute Gasteiger partial charge is 0.410 e. The largest absolute Gasteiger partial charge is 0.494 e. The number of fused-ring (bicyclic) bond motifs is 1. The van der Waals surface area contributed by atoms with Gasteiger partial charge in [-0.15, -0.1) is 0 Å². The number of carboxylic acids is 1. The summed E-state index contributed by atoms with van der Waals surface area (Å²) in [5.74, 6) is 0.357. The highest BCUT2D eigenvalue weighted by molar-refractivity contribution is 5.83. The maximum Gasteiger partial charge on any atom is 0.410 e. The fraction of sp³-hybridized carbons (Fsp3) is 0.483. The number of ether oxygens (including phenoxy) is 2. The first-order valence-electron chi connectivity index (χ1n) is 12.9. The van der Waals surface area contributed by atoms with E-state index in [1.54, 1.807) is 4.90 Å². The molecule has 1 aliphatic heterocycles. The number of ketones is 1. The number of benzene rings is 2. The molecule has 1 fully saturated rings. The lowest BCUT2D eigenvalue weighted by molar-refractivity contribution is -0.138. The Morgan fingerprint density at radius 2 is 1.72 bits per heavy atom. The minimum atomic E-state index is -0.762. The first-order valence-corrected chi connectivity index (χ1v) is 12.9. The molecule has 1 saturated carbocycles. The Labute approximate surface area is 212 Å². The van der Waals surface area contributed by atoms with Crippen molar-refractivity contribution in [2.24, 2.45) is 5.92 Å². The number of carboxylic acid groups (broad SMARTS) is 1. The minimum Gasteiger partial charge on any atom is -0.494 e. The van der Waals surface area contributed by atoms with Crippen molar-refractivity contribution in [1.29, 1.82) is 0 Å². The molecule has 1 aliphatic carbocycles. The van der Waals surface area contributed by atoms with Crippen LogP contribution in [0.15, 0.2) is 42.5 Å². The van der Waals surface area contributed by atoms with E-state index in [4.69, 9.17) is 14.6 Å². The van der Waals surface area contributed by atoms with Crippen molar-refractivity contribution in [1.82, 2.24) is 4.90 Å². The third-order valence-electron chi connectivity index (χ3n) is 7.08. The zero-order valence-corrected chi connectivity index (χ0v) is 20.9. The monoisotopic (exact) mass is 493 g/mol. The molecule has 0 aromatic heterocycles. The van der Waals surface area contributed by atoms with Crippen LogP contribution in [0.25, 0.3) is 0 Å². The van der Waals surface area contributed by atoms with E-state index in [1.807, 2.05) is 43.3 Å². The summed E-state index contributed by atoms with van der Waals surface area (Å²) < 4.78 is 11.3. The summed E-state index contributed by atoms with van der Waals surface area (Å²) in [7, 11) is 0. The maximum absolute atomic E-state index is 12.7. The molecule has 0 radical (unpaired) electrons. The van der Waals surface area contributed by atoms with Gasteiger partial charge in [0.1, 0.15) is 17.6 Å². The fourth-order valence-electron chi connectivity index (χ4n) is 5.22. The molecule has 2 aromatic carbocycles. The number of hydrogen-bond acceptors (Lipinski definition) is 5. The van der Waals surface area contributed by atoms with Gasteiger partial charge in [0.25, 0.3) is 0 Å². The predicted octanol–water partition coefficient (Wildman–Crippen LogP) is 4.97. The second kappa shape index (κ2) is 12.1. The first-order chi connectivity index (χ1) is 17.4. The molecule has 1 amide bonds. The van der Waals surface area contributed by atoms with Gasteiger partial charge in [-0.2, -0.15) is 0 Å². The molecule has 36 heavy (non-hydrogen) atoms. The van der Waals surface area contributed by atoms with Gasteiger partial charge in [0.05, 0.1) is 6.61 Å². The normalized spacial score (nSPS) is 19.3. The Balaban J connectivity index is 1.27. The average Bonchev–Trinajstić information content (AvgIpc) is 2.85. The Bertz CT molecular complexity index is 1090. The van der Waals surface area contributed by atoms with Gasteiger partial charge >= 0.3 is 12.1 Å². The average molecular weight is 494 g/mol. The van der Waals surface area contributed by atoms with E-state index >= 15 is 0 Å². The van der Waals surface area contributed by atoms with Crippen LogP contribution in [0.2, 0.25) is 0 Å². The summed E-state index contributed by atoms with van der Waals surface area (Å²) in [6, 6.07) is 13.8. The van der Waals surface area contributed by atoms with E-state index in [1.165, 1.54) is 5.56 Å². The molecule has 0 spiro atoms. The molecule has 0 bridgehead atoms. The first kappa shape index (κ1) is 25.7. The summed E-state index contributed by atoms with van der Waals surface area (Å²) in [6.45, 7) is 3.62. The quantitative estimate of drug-likeness (QED) is 0.530. The van der Waals surface area contributed by atoms with Crippen molar-refractivity contribution < 1.29 is 29.0 Å². The number of Topliss-reactive ketones (excluding diaryl/α,β-unsaturated/α-hetero) is 1. The molecule has 0 unspecified atom stereocenters. The molecular formula is C29H35NO6. The van der Waals surface area contributed by atoms with Crippen LogP contribution in [0.1, 0.15) is 61.3 Å². The van der Waals surface area contributed by atoms with E-state index < -0.39 is 5.97 Å². The maximum atomic E-state index is 12.7. The highest BCUT2D eigenvalue weighted by atomic mass is 16.6. The number of nitrogens with zero attached hydrogens (tertiary/aromatic N) is 1. The topological polar surface area (TPSA) is 93.1 Å². The minimum absolute atomic E-state index is 0.133. The standard InChI is InChI=1S/C29H35NO6/c1-2-35-27-5-3-4-21(17-27)15-25(31)16-22-6-9-24-19-30(13-12-23(24)14-22)29(34)36-26-10-7-20(8-11-26)18-28(32)33/h3-6,9,14,17,20,26H,2,7-8,10-13,15-16,18-19H2,1H3,(H,32,33). The number of carbonyl (C=O) groups excluding carboxylic acids is 2. The Morgan fingerprint density at radius 3 is 2.44 bits per heavy atom. The van der Waals surface area contributed by atoms with E-state index in [-0.39, 0.29) is 30.3 Å².